The number of benzene rings is 2. The van der Waals surface area contributed by atoms with E-state index in [4.69, 9.17) is 14.6 Å². The monoisotopic (exact) mass is 421 g/mol. The van der Waals surface area contributed by atoms with Gasteiger partial charge in [0, 0.05) is 28.7 Å². The summed E-state index contributed by atoms with van der Waals surface area (Å²) in [4.78, 5) is 24.7. The fraction of sp³-hybridized carbons (Fsp3) is 0.333. The molecule has 1 aliphatic heterocycles. The van der Waals surface area contributed by atoms with Gasteiger partial charge in [0.05, 0.1) is 12.7 Å². The summed E-state index contributed by atoms with van der Waals surface area (Å²) in [6.45, 7) is -0.334. The average molecular weight is 421 g/mol. The van der Waals surface area contributed by atoms with Gasteiger partial charge in [-0.05, 0) is 37.1 Å². The van der Waals surface area contributed by atoms with E-state index in [9.17, 15) is 14.7 Å². The first-order valence-electron chi connectivity index (χ1n) is 9.99. The molecule has 1 heterocycles. The first-order valence-corrected chi connectivity index (χ1v) is 9.99. The van der Waals surface area contributed by atoms with Crippen LogP contribution in [0.1, 0.15) is 40.7 Å². The summed E-state index contributed by atoms with van der Waals surface area (Å²) in [5.41, 5.74) is 0.00457. The minimum atomic E-state index is -2.02. The van der Waals surface area contributed by atoms with Crippen molar-refractivity contribution >= 4 is 17.6 Å². The number of ether oxygens (including phenoxy) is 2. The van der Waals surface area contributed by atoms with Crippen LogP contribution in [0.3, 0.4) is 0 Å². The van der Waals surface area contributed by atoms with E-state index in [2.05, 4.69) is 17.2 Å². The van der Waals surface area contributed by atoms with Crippen molar-refractivity contribution in [2.45, 2.75) is 36.9 Å². The highest BCUT2D eigenvalue weighted by molar-refractivity contribution is 6.01. The lowest BCUT2D eigenvalue weighted by atomic mass is 9.82. The highest BCUT2D eigenvalue weighted by Crippen LogP contribution is 2.55. The maximum Gasteiger partial charge on any atom is 0.338 e. The van der Waals surface area contributed by atoms with Crippen molar-refractivity contribution in [1.82, 2.24) is 0 Å². The number of rotatable bonds is 6. The van der Waals surface area contributed by atoms with Gasteiger partial charge in [0.15, 0.2) is 0 Å². The molecule has 0 bridgehead atoms. The normalized spacial score (nSPS) is 17.5. The van der Waals surface area contributed by atoms with Crippen LogP contribution in [0.2, 0.25) is 0 Å². The van der Waals surface area contributed by atoms with Gasteiger partial charge in [-0.25, -0.2) is 4.79 Å². The lowest BCUT2D eigenvalue weighted by molar-refractivity contribution is -0.130. The van der Waals surface area contributed by atoms with E-state index in [1.165, 1.54) is 0 Å². The van der Waals surface area contributed by atoms with Crippen molar-refractivity contribution in [3.63, 3.8) is 0 Å². The Bertz CT molecular complexity index is 1090. The number of carbonyl (C=O) groups is 2. The summed E-state index contributed by atoms with van der Waals surface area (Å²) < 4.78 is 10.5. The molecule has 1 fully saturated rings. The molecule has 0 radical (unpaired) electrons. The number of methoxy groups -OCH3 is 1. The van der Waals surface area contributed by atoms with E-state index in [0.717, 1.165) is 18.4 Å². The SMILES string of the molecule is COc1ccccc1C1(CC(O)(C#CCO)C(=O)Nc2ccc3c(c2)COC3=O)CC1. The van der Waals surface area contributed by atoms with E-state index in [1.54, 1.807) is 25.3 Å². The molecule has 0 saturated heterocycles. The molecule has 160 valence electrons. The Morgan fingerprint density at radius 1 is 1.29 bits per heavy atom. The first kappa shape index (κ1) is 20.9. The van der Waals surface area contributed by atoms with Crippen molar-refractivity contribution in [2.75, 3.05) is 19.0 Å². The molecule has 1 amide bonds. The first-order chi connectivity index (χ1) is 14.9. The van der Waals surface area contributed by atoms with Crippen LogP contribution < -0.4 is 10.1 Å². The van der Waals surface area contributed by atoms with Crippen LogP contribution in [-0.4, -0.2) is 41.4 Å². The quantitative estimate of drug-likeness (QED) is 0.488. The van der Waals surface area contributed by atoms with Gasteiger partial charge in [-0.15, -0.1) is 0 Å². The minimum Gasteiger partial charge on any atom is -0.496 e. The summed E-state index contributed by atoms with van der Waals surface area (Å²) in [6, 6.07) is 12.3. The van der Waals surface area contributed by atoms with Crippen LogP contribution in [0, 0.1) is 11.8 Å². The third-order valence-electron chi connectivity index (χ3n) is 5.82. The second kappa shape index (κ2) is 8.06. The Balaban J connectivity index is 1.60. The number of anilines is 1. The standard InChI is InChI=1S/C24H23NO6/c1-30-20-6-3-2-5-19(20)23(10-11-23)15-24(29,9-4-12-26)22(28)25-17-7-8-18-16(13-17)14-31-21(18)27/h2-3,5-8,13,26,29H,10-12,14-15H2,1H3,(H,25,28). The molecule has 1 saturated carbocycles. The number of cyclic esters (lactones) is 1. The van der Waals surface area contributed by atoms with E-state index >= 15 is 0 Å². The number of hydrogen-bond donors (Lipinski definition) is 3. The van der Waals surface area contributed by atoms with Gasteiger partial charge >= 0.3 is 5.97 Å². The van der Waals surface area contributed by atoms with Crippen molar-refractivity contribution in [3.8, 4) is 17.6 Å². The van der Waals surface area contributed by atoms with Crippen molar-refractivity contribution in [2.24, 2.45) is 0 Å². The van der Waals surface area contributed by atoms with Crippen molar-refractivity contribution in [1.29, 1.82) is 0 Å². The molecule has 3 N–H and O–H groups in total. The maximum absolute atomic E-state index is 13.1. The number of aliphatic hydroxyl groups excluding tert-OH is 1. The second-order valence-corrected chi connectivity index (χ2v) is 7.88. The zero-order valence-electron chi connectivity index (χ0n) is 17.1. The largest absolute Gasteiger partial charge is 0.496 e. The molecule has 1 unspecified atom stereocenters. The fourth-order valence-electron chi connectivity index (χ4n) is 4.08. The van der Waals surface area contributed by atoms with Gasteiger partial charge in [0.1, 0.15) is 19.0 Å². The van der Waals surface area contributed by atoms with Gasteiger partial charge in [-0.3, -0.25) is 4.79 Å². The average Bonchev–Trinajstić information content (AvgIpc) is 3.46. The molecule has 7 nitrogen and oxygen atoms in total. The van der Waals surface area contributed by atoms with Crippen LogP contribution in [0.4, 0.5) is 5.69 Å². The van der Waals surface area contributed by atoms with Crippen LogP contribution in [0.15, 0.2) is 42.5 Å². The Morgan fingerprint density at radius 3 is 2.77 bits per heavy atom. The number of nitrogens with one attached hydrogen (secondary N) is 1. The lowest BCUT2D eigenvalue weighted by Gasteiger charge is -2.28. The zero-order chi connectivity index (χ0) is 22.1. The van der Waals surface area contributed by atoms with E-state index in [0.29, 0.717) is 22.6 Å². The molecule has 4 rings (SSSR count). The van der Waals surface area contributed by atoms with Crippen LogP contribution in [0.25, 0.3) is 0 Å². The van der Waals surface area contributed by atoms with E-state index in [1.807, 2.05) is 24.3 Å². The van der Waals surface area contributed by atoms with Gasteiger partial charge in [0.25, 0.3) is 5.91 Å². The fourth-order valence-corrected chi connectivity index (χ4v) is 4.08. The smallest absolute Gasteiger partial charge is 0.338 e. The summed E-state index contributed by atoms with van der Waals surface area (Å²) in [6.07, 6.45) is 1.62. The highest BCUT2D eigenvalue weighted by atomic mass is 16.5. The molecule has 1 aliphatic carbocycles. The van der Waals surface area contributed by atoms with Gasteiger partial charge < -0.3 is 25.0 Å². The molecule has 2 aliphatic rings. The molecule has 0 aromatic heterocycles. The van der Waals surface area contributed by atoms with Crippen LogP contribution in [0.5, 0.6) is 5.75 Å². The Morgan fingerprint density at radius 2 is 2.06 bits per heavy atom. The van der Waals surface area contributed by atoms with Crippen molar-refractivity contribution < 1.29 is 29.3 Å². The summed E-state index contributed by atoms with van der Waals surface area (Å²) in [7, 11) is 1.59. The molecule has 2 aromatic rings. The van der Waals surface area contributed by atoms with Crippen LogP contribution >= 0.6 is 0 Å². The number of hydrogen-bond acceptors (Lipinski definition) is 6. The van der Waals surface area contributed by atoms with Crippen LogP contribution in [-0.2, 0) is 21.6 Å². The predicted octanol–water partition coefficient (Wildman–Crippen LogP) is 2.15. The molecule has 2 aromatic carbocycles. The number of carbonyl (C=O) groups excluding carboxylic acids is 2. The number of amides is 1. The maximum atomic E-state index is 13.1. The van der Waals surface area contributed by atoms with E-state index in [-0.39, 0.29) is 13.0 Å². The molecular weight excluding hydrogens is 398 g/mol. The van der Waals surface area contributed by atoms with Gasteiger partial charge in [-0.1, -0.05) is 30.0 Å². The molecule has 1 atom stereocenters. The number of esters is 1. The number of aliphatic hydroxyl groups is 2. The summed E-state index contributed by atoms with van der Waals surface area (Å²) in [5.74, 6) is 4.59. The zero-order valence-corrected chi connectivity index (χ0v) is 17.1. The third-order valence-corrected chi connectivity index (χ3v) is 5.82. The molecule has 7 heteroatoms. The highest BCUT2D eigenvalue weighted by Gasteiger charge is 2.53. The molecule has 31 heavy (non-hydrogen) atoms. The Labute approximate surface area is 180 Å². The minimum absolute atomic E-state index is 0.0613. The Hall–Kier alpha value is -3.34. The number of para-hydroxylation sites is 1. The molecule has 0 spiro atoms. The third kappa shape index (κ3) is 4.00. The summed E-state index contributed by atoms with van der Waals surface area (Å²) >= 11 is 0. The van der Waals surface area contributed by atoms with E-state index < -0.39 is 29.5 Å². The Kier molecular flexibility index (Phi) is 5.44. The summed E-state index contributed by atoms with van der Waals surface area (Å²) in [5, 5.41) is 23.1. The molecular formula is C24H23NO6. The topological polar surface area (TPSA) is 105 Å². The van der Waals surface area contributed by atoms with Crippen molar-refractivity contribution in [3.05, 3.63) is 59.2 Å². The number of fused-ring (bicyclic) bond motifs is 1. The van der Waals surface area contributed by atoms with Gasteiger partial charge in [0.2, 0.25) is 5.60 Å². The predicted molar refractivity (Wildman–Crippen MR) is 113 cm³/mol. The van der Waals surface area contributed by atoms with Gasteiger partial charge in [-0.2, -0.15) is 0 Å². The lowest BCUT2D eigenvalue weighted by Crippen LogP contribution is -2.44. The second-order valence-electron chi connectivity index (χ2n) is 7.88.